The van der Waals surface area contributed by atoms with Gasteiger partial charge in [0.15, 0.2) is 11.5 Å². The SMILES string of the molecule is C=C[C@H](c1ccccc1)c1cc(OC(C)=O)c(OC)cc1OC. The van der Waals surface area contributed by atoms with E-state index in [1.165, 1.54) is 14.0 Å². The molecule has 0 N–H and O–H groups in total. The van der Waals surface area contributed by atoms with Crippen LogP contribution in [-0.2, 0) is 4.79 Å². The maximum absolute atomic E-state index is 11.3. The Morgan fingerprint density at radius 1 is 1.04 bits per heavy atom. The van der Waals surface area contributed by atoms with Crippen molar-refractivity contribution in [3.8, 4) is 17.2 Å². The van der Waals surface area contributed by atoms with E-state index in [-0.39, 0.29) is 5.92 Å². The van der Waals surface area contributed by atoms with Crippen LogP contribution < -0.4 is 14.2 Å². The molecule has 120 valence electrons. The molecule has 0 unspecified atom stereocenters. The summed E-state index contributed by atoms with van der Waals surface area (Å²) in [5.41, 5.74) is 1.92. The predicted molar refractivity (Wildman–Crippen MR) is 89.3 cm³/mol. The van der Waals surface area contributed by atoms with Crippen LogP contribution in [0.15, 0.2) is 55.1 Å². The van der Waals surface area contributed by atoms with E-state index in [0.717, 1.165) is 11.1 Å². The lowest BCUT2D eigenvalue weighted by Gasteiger charge is -2.19. The van der Waals surface area contributed by atoms with Crippen molar-refractivity contribution in [3.05, 3.63) is 66.2 Å². The van der Waals surface area contributed by atoms with Gasteiger partial charge >= 0.3 is 5.97 Å². The maximum Gasteiger partial charge on any atom is 0.308 e. The standard InChI is InChI=1S/C19H20O4/c1-5-15(14-9-7-6-8-10-14)16-11-19(23-13(2)20)18(22-4)12-17(16)21-3/h5-12,15H,1H2,2-4H3/t15-/m1/s1. The molecule has 4 heteroatoms. The molecule has 0 fully saturated rings. The summed E-state index contributed by atoms with van der Waals surface area (Å²) in [6.07, 6.45) is 1.83. The number of carbonyl (C=O) groups is 1. The van der Waals surface area contributed by atoms with Crippen LogP contribution in [0.2, 0.25) is 0 Å². The number of hydrogen-bond acceptors (Lipinski definition) is 4. The van der Waals surface area contributed by atoms with Crippen molar-refractivity contribution >= 4 is 5.97 Å². The summed E-state index contributed by atoms with van der Waals surface area (Å²) >= 11 is 0. The fourth-order valence-electron chi connectivity index (χ4n) is 2.47. The zero-order chi connectivity index (χ0) is 16.8. The predicted octanol–water partition coefficient (Wildman–Crippen LogP) is 3.95. The van der Waals surface area contributed by atoms with Gasteiger partial charge in [0.05, 0.1) is 14.2 Å². The molecule has 0 bridgehead atoms. The lowest BCUT2D eigenvalue weighted by molar-refractivity contribution is -0.132. The smallest absolute Gasteiger partial charge is 0.308 e. The first kappa shape index (κ1) is 16.6. The number of hydrogen-bond donors (Lipinski definition) is 0. The molecule has 0 saturated carbocycles. The number of carbonyl (C=O) groups excluding carboxylic acids is 1. The molecule has 1 atom stereocenters. The first-order chi connectivity index (χ1) is 11.1. The Morgan fingerprint density at radius 2 is 1.70 bits per heavy atom. The third-order valence-electron chi connectivity index (χ3n) is 3.50. The van der Waals surface area contributed by atoms with Crippen LogP contribution in [0, 0.1) is 0 Å². The topological polar surface area (TPSA) is 44.8 Å². The number of ether oxygens (including phenoxy) is 3. The zero-order valence-electron chi connectivity index (χ0n) is 13.5. The molecule has 2 rings (SSSR count). The van der Waals surface area contributed by atoms with Crippen molar-refractivity contribution in [2.45, 2.75) is 12.8 Å². The van der Waals surface area contributed by atoms with Crippen LogP contribution >= 0.6 is 0 Å². The van der Waals surface area contributed by atoms with Crippen molar-refractivity contribution in [3.63, 3.8) is 0 Å². The van der Waals surface area contributed by atoms with Crippen molar-refractivity contribution in [1.82, 2.24) is 0 Å². The molecule has 4 nitrogen and oxygen atoms in total. The highest BCUT2D eigenvalue weighted by atomic mass is 16.6. The Morgan fingerprint density at radius 3 is 2.22 bits per heavy atom. The van der Waals surface area contributed by atoms with Gasteiger partial charge in [-0.1, -0.05) is 36.4 Å². The van der Waals surface area contributed by atoms with Crippen LogP contribution in [0.1, 0.15) is 24.0 Å². The monoisotopic (exact) mass is 312 g/mol. The maximum atomic E-state index is 11.3. The third-order valence-corrected chi connectivity index (χ3v) is 3.50. The highest BCUT2D eigenvalue weighted by Gasteiger charge is 2.20. The molecule has 0 aliphatic carbocycles. The van der Waals surface area contributed by atoms with Gasteiger partial charge in [-0.25, -0.2) is 0 Å². The average molecular weight is 312 g/mol. The average Bonchev–Trinajstić information content (AvgIpc) is 2.56. The minimum absolute atomic E-state index is 0.0913. The second-order valence-corrected chi connectivity index (χ2v) is 4.96. The number of benzene rings is 2. The van der Waals surface area contributed by atoms with Crippen molar-refractivity contribution in [2.24, 2.45) is 0 Å². The summed E-state index contributed by atoms with van der Waals surface area (Å²) in [6, 6.07) is 13.4. The van der Waals surface area contributed by atoms with Crippen LogP contribution in [0.5, 0.6) is 17.2 Å². The van der Waals surface area contributed by atoms with E-state index >= 15 is 0 Å². The Bertz CT molecular complexity index is 692. The van der Waals surface area contributed by atoms with Gasteiger partial charge in [0.2, 0.25) is 0 Å². The molecular weight excluding hydrogens is 292 g/mol. The van der Waals surface area contributed by atoms with Gasteiger partial charge in [-0.3, -0.25) is 4.79 Å². The fourth-order valence-corrected chi connectivity index (χ4v) is 2.47. The molecule has 0 saturated heterocycles. The molecule has 0 aliphatic rings. The summed E-state index contributed by atoms with van der Waals surface area (Å²) in [5.74, 6) is 0.947. The van der Waals surface area contributed by atoms with Gasteiger partial charge in [0, 0.05) is 24.5 Å². The van der Waals surface area contributed by atoms with E-state index in [2.05, 4.69) is 6.58 Å². The number of rotatable bonds is 6. The Hall–Kier alpha value is -2.75. The quantitative estimate of drug-likeness (QED) is 0.460. The first-order valence-corrected chi connectivity index (χ1v) is 7.22. The van der Waals surface area contributed by atoms with Crippen molar-refractivity contribution in [1.29, 1.82) is 0 Å². The highest BCUT2D eigenvalue weighted by molar-refractivity contribution is 5.71. The summed E-state index contributed by atoms with van der Waals surface area (Å²) < 4.78 is 16.0. The van der Waals surface area contributed by atoms with Crippen molar-refractivity contribution in [2.75, 3.05) is 14.2 Å². The molecule has 0 aliphatic heterocycles. The van der Waals surface area contributed by atoms with Crippen LogP contribution in [0.25, 0.3) is 0 Å². The lowest BCUT2D eigenvalue weighted by atomic mass is 9.90. The highest BCUT2D eigenvalue weighted by Crippen LogP contribution is 2.40. The second-order valence-electron chi connectivity index (χ2n) is 4.96. The van der Waals surface area contributed by atoms with Gasteiger partial charge in [-0.15, -0.1) is 6.58 Å². The molecule has 2 aromatic carbocycles. The van der Waals surface area contributed by atoms with E-state index in [1.54, 1.807) is 19.2 Å². The summed E-state index contributed by atoms with van der Waals surface area (Å²) in [4.78, 5) is 11.3. The molecule has 0 radical (unpaired) electrons. The summed E-state index contributed by atoms with van der Waals surface area (Å²) in [5, 5.41) is 0. The summed E-state index contributed by atoms with van der Waals surface area (Å²) in [6.45, 7) is 5.28. The second kappa shape index (κ2) is 7.49. The molecule has 0 aromatic heterocycles. The lowest BCUT2D eigenvalue weighted by Crippen LogP contribution is -2.06. The van der Waals surface area contributed by atoms with E-state index in [4.69, 9.17) is 14.2 Å². The molecule has 23 heavy (non-hydrogen) atoms. The minimum atomic E-state index is -0.408. The third kappa shape index (κ3) is 3.72. The Kier molecular flexibility index (Phi) is 5.41. The summed E-state index contributed by atoms with van der Waals surface area (Å²) in [7, 11) is 3.11. The normalized spacial score (nSPS) is 11.4. The molecule has 0 spiro atoms. The van der Waals surface area contributed by atoms with Crippen molar-refractivity contribution < 1.29 is 19.0 Å². The van der Waals surface area contributed by atoms with E-state index in [0.29, 0.717) is 17.2 Å². The molecular formula is C19H20O4. The molecule has 0 heterocycles. The van der Waals surface area contributed by atoms with Crippen LogP contribution in [0.4, 0.5) is 0 Å². The van der Waals surface area contributed by atoms with Gasteiger partial charge in [0.1, 0.15) is 5.75 Å². The zero-order valence-corrected chi connectivity index (χ0v) is 13.5. The fraction of sp³-hybridized carbons (Fsp3) is 0.211. The first-order valence-electron chi connectivity index (χ1n) is 7.22. The van der Waals surface area contributed by atoms with Gasteiger partial charge in [-0.05, 0) is 11.6 Å². The number of methoxy groups -OCH3 is 2. The molecule has 0 amide bonds. The Labute approximate surface area is 136 Å². The minimum Gasteiger partial charge on any atom is -0.496 e. The molecule has 2 aromatic rings. The van der Waals surface area contributed by atoms with Crippen LogP contribution in [-0.4, -0.2) is 20.2 Å². The van der Waals surface area contributed by atoms with Crippen LogP contribution in [0.3, 0.4) is 0 Å². The van der Waals surface area contributed by atoms with Gasteiger partial charge in [-0.2, -0.15) is 0 Å². The number of allylic oxidation sites excluding steroid dienone is 1. The largest absolute Gasteiger partial charge is 0.496 e. The Balaban J connectivity index is 2.58. The van der Waals surface area contributed by atoms with E-state index < -0.39 is 5.97 Å². The van der Waals surface area contributed by atoms with Gasteiger partial charge in [0.25, 0.3) is 0 Å². The van der Waals surface area contributed by atoms with E-state index in [1.807, 2.05) is 36.4 Å². The van der Waals surface area contributed by atoms with E-state index in [9.17, 15) is 4.79 Å². The number of esters is 1. The van der Waals surface area contributed by atoms with Gasteiger partial charge < -0.3 is 14.2 Å².